The zero-order chi connectivity index (χ0) is 12.1. The standard InChI is InChI=1S/C16H15NS.ClH/c1-17-9-8-11-6-7-15-16(13(11)10-17)12-4-2-3-5-14(12)18-15;/h2-7H,8-10H2,1H3;1H. The van der Waals surface area contributed by atoms with E-state index in [0.29, 0.717) is 0 Å². The molecule has 0 amide bonds. The highest BCUT2D eigenvalue weighted by atomic mass is 35.5. The minimum absolute atomic E-state index is 0. The predicted molar refractivity (Wildman–Crippen MR) is 86.6 cm³/mol. The number of fused-ring (bicyclic) bond motifs is 5. The fourth-order valence-corrected chi connectivity index (χ4v) is 4.14. The Hall–Kier alpha value is -1.09. The molecular formula is C16H16ClNS. The molecule has 0 aliphatic carbocycles. The van der Waals surface area contributed by atoms with Crippen molar-refractivity contribution in [2.45, 2.75) is 13.0 Å². The van der Waals surface area contributed by atoms with E-state index in [-0.39, 0.29) is 12.4 Å². The molecule has 0 N–H and O–H groups in total. The number of halogens is 1. The monoisotopic (exact) mass is 289 g/mol. The van der Waals surface area contributed by atoms with Gasteiger partial charge in [-0.1, -0.05) is 24.3 Å². The van der Waals surface area contributed by atoms with Crippen LogP contribution < -0.4 is 0 Å². The van der Waals surface area contributed by atoms with Crippen LogP contribution in [-0.4, -0.2) is 18.5 Å². The van der Waals surface area contributed by atoms with E-state index in [0.717, 1.165) is 6.54 Å². The van der Waals surface area contributed by atoms with E-state index in [9.17, 15) is 0 Å². The van der Waals surface area contributed by atoms with Gasteiger partial charge in [0.25, 0.3) is 0 Å². The molecule has 2 heterocycles. The molecule has 0 bridgehead atoms. The molecule has 3 aromatic rings. The number of nitrogens with zero attached hydrogens (tertiary/aromatic N) is 1. The van der Waals surface area contributed by atoms with E-state index in [4.69, 9.17) is 0 Å². The summed E-state index contributed by atoms with van der Waals surface area (Å²) in [5.41, 5.74) is 3.10. The summed E-state index contributed by atoms with van der Waals surface area (Å²) in [6.45, 7) is 2.27. The lowest BCUT2D eigenvalue weighted by atomic mass is 9.95. The molecule has 4 rings (SSSR count). The van der Waals surface area contributed by atoms with Gasteiger partial charge < -0.3 is 4.90 Å². The van der Waals surface area contributed by atoms with E-state index in [1.54, 1.807) is 11.1 Å². The van der Waals surface area contributed by atoms with E-state index in [1.807, 2.05) is 11.3 Å². The topological polar surface area (TPSA) is 3.24 Å². The molecule has 0 fully saturated rings. The third-order valence-electron chi connectivity index (χ3n) is 3.94. The van der Waals surface area contributed by atoms with Gasteiger partial charge in [-0.2, -0.15) is 0 Å². The molecule has 0 radical (unpaired) electrons. The smallest absolute Gasteiger partial charge is 0.0358 e. The van der Waals surface area contributed by atoms with E-state index < -0.39 is 0 Å². The van der Waals surface area contributed by atoms with Crippen LogP contribution in [0.4, 0.5) is 0 Å². The fraction of sp³-hybridized carbons (Fsp3) is 0.250. The summed E-state index contributed by atoms with van der Waals surface area (Å²) >= 11 is 1.92. The molecule has 19 heavy (non-hydrogen) atoms. The zero-order valence-corrected chi connectivity index (χ0v) is 12.5. The maximum absolute atomic E-state index is 2.42. The third-order valence-corrected chi connectivity index (χ3v) is 5.07. The third kappa shape index (κ3) is 1.95. The van der Waals surface area contributed by atoms with Crippen LogP contribution in [0.15, 0.2) is 36.4 Å². The summed E-state index contributed by atoms with van der Waals surface area (Å²) in [6, 6.07) is 13.4. The molecule has 1 aliphatic heterocycles. The Kier molecular flexibility index (Phi) is 3.25. The van der Waals surface area contributed by atoms with Gasteiger partial charge in [-0.25, -0.2) is 0 Å². The SMILES string of the molecule is CN1CCc2ccc3sc4ccccc4c3c2C1.Cl. The Balaban J connectivity index is 0.00000110. The molecule has 0 saturated carbocycles. The van der Waals surface area contributed by atoms with Crippen molar-refractivity contribution in [2.24, 2.45) is 0 Å². The minimum atomic E-state index is 0. The first-order chi connectivity index (χ1) is 8.83. The van der Waals surface area contributed by atoms with Crippen molar-refractivity contribution in [3.05, 3.63) is 47.5 Å². The van der Waals surface area contributed by atoms with Crippen LogP contribution in [0.3, 0.4) is 0 Å². The van der Waals surface area contributed by atoms with Crippen LogP contribution in [0, 0.1) is 0 Å². The maximum Gasteiger partial charge on any atom is 0.0358 e. The van der Waals surface area contributed by atoms with Gasteiger partial charge in [0.15, 0.2) is 0 Å². The van der Waals surface area contributed by atoms with Crippen LogP contribution in [0.1, 0.15) is 11.1 Å². The molecule has 0 unspecified atom stereocenters. The number of thiophene rings is 1. The molecule has 2 aromatic carbocycles. The van der Waals surface area contributed by atoms with Crippen molar-refractivity contribution in [3.8, 4) is 0 Å². The highest BCUT2D eigenvalue weighted by molar-refractivity contribution is 7.25. The van der Waals surface area contributed by atoms with Crippen LogP contribution in [0.2, 0.25) is 0 Å². The normalized spacial score (nSPS) is 15.4. The number of rotatable bonds is 0. The lowest BCUT2D eigenvalue weighted by Crippen LogP contribution is -2.26. The van der Waals surface area contributed by atoms with Gasteiger partial charge in [-0.3, -0.25) is 0 Å². The first kappa shape index (κ1) is 12.9. The Labute approximate surface area is 123 Å². The van der Waals surface area contributed by atoms with Gasteiger partial charge in [-0.15, -0.1) is 23.7 Å². The van der Waals surface area contributed by atoms with Crippen molar-refractivity contribution in [1.82, 2.24) is 4.90 Å². The molecule has 3 heteroatoms. The molecule has 1 aliphatic rings. The average molecular weight is 290 g/mol. The quantitative estimate of drug-likeness (QED) is 0.590. The molecule has 0 atom stereocenters. The summed E-state index contributed by atoms with van der Waals surface area (Å²) in [4.78, 5) is 2.42. The highest BCUT2D eigenvalue weighted by Gasteiger charge is 2.18. The second kappa shape index (κ2) is 4.78. The molecule has 1 nitrogen and oxygen atoms in total. The molecule has 98 valence electrons. The Morgan fingerprint density at radius 3 is 2.79 bits per heavy atom. The van der Waals surface area contributed by atoms with Gasteiger partial charge in [0.2, 0.25) is 0 Å². The van der Waals surface area contributed by atoms with Gasteiger partial charge in [0.1, 0.15) is 0 Å². The van der Waals surface area contributed by atoms with Gasteiger partial charge in [0, 0.05) is 33.3 Å². The molecule has 0 saturated heterocycles. The van der Waals surface area contributed by atoms with Gasteiger partial charge in [0.05, 0.1) is 0 Å². The van der Waals surface area contributed by atoms with E-state index in [2.05, 4.69) is 48.3 Å². The molecular weight excluding hydrogens is 274 g/mol. The van der Waals surface area contributed by atoms with E-state index >= 15 is 0 Å². The fourth-order valence-electron chi connectivity index (χ4n) is 3.01. The lowest BCUT2D eigenvalue weighted by Gasteiger charge is -2.25. The second-order valence-corrected chi connectivity index (χ2v) is 6.25. The number of benzene rings is 2. The zero-order valence-electron chi connectivity index (χ0n) is 10.8. The second-order valence-electron chi connectivity index (χ2n) is 5.16. The number of hydrogen-bond acceptors (Lipinski definition) is 2. The Morgan fingerprint density at radius 1 is 1.05 bits per heavy atom. The predicted octanol–water partition coefficient (Wildman–Crippen LogP) is 4.46. The molecule has 1 aromatic heterocycles. The van der Waals surface area contributed by atoms with Crippen molar-refractivity contribution >= 4 is 43.9 Å². The van der Waals surface area contributed by atoms with E-state index in [1.165, 1.54) is 33.1 Å². The summed E-state index contributed by atoms with van der Waals surface area (Å²) < 4.78 is 2.85. The maximum atomic E-state index is 2.42. The van der Waals surface area contributed by atoms with Crippen LogP contribution in [0.5, 0.6) is 0 Å². The van der Waals surface area contributed by atoms with Crippen molar-refractivity contribution < 1.29 is 0 Å². The average Bonchev–Trinajstić information content (AvgIpc) is 2.77. The minimum Gasteiger partial charge on any atom is -0.302 e. The van der Waals surface area contributed by atoms with Crippen LogP contribution in [0.25, 0.3) is 20.2 Å². The summed E-state index contributed by atoms with van der Waals surface area (Å²) in [5.74, 6) is 0. The summed E-state index contributed by atoms with van der Waals surface area (Å²) in [7, 11) is 2.22. The molecule has 0 spiro atoms. The van der Waals surface area contributed by atoms with Crippen molar-refractivity contribution in [2.75, 3.05) is 13.6 Å². The number of likely N-dealkylation sites (N-methyl/N-ethyl adjacent to an activating group) is 1. The summed E-state index contributed by atoms with van der Waals surface area (Å²) in [6.07, 6.45) is 1.19. The van der Waals surface area contributed by atoms with Crippen LogP contribution >= 0.6 is 23.7 Å². The lowest BCUT2D eigenvalue weighted by molar-refractivity contribution is 0.314. The first-order valence-electron chi connectivity index (χ1n) is 6.43. The largest absolute Gasteiger partial charge is 0.302 e. The summed E-state index contributed by atoms with van der Waals surface area (Å²) in [5, 5.41) is 2.93. The number of hydrogen-bond donors (Lipinski definition) is 0. The first-order valence-corrected chi connectivity index (χ1v) is 7.25. The Morgan fingerprint density at radius 2 is 1.89 bits per heavy atom. The van der Waals surface area contributed by atoms with Gasteiger partial charge in [-0.05, 0) is 36.7 Å². The van der Waals surface area contributed by atoms with Crippen molar-refractivity contribution in [1.29, 1.82) is 0 Å². The van der Waals surface area contributed by atoms with Crippen molar-refractivity contribution in [3.63, 3.8) is 0 Å². The Bertz CT molecular complexity index is 747. The highest BCUT2D eigenvalue weighted by Crippen LogP contribution is 2.38. The van der Waals surface area contributed by atoms with Gasteiger partial charge >= 0.3 is 0 Å². The van der Waals surface area contributed by atoms with Crippen LogP contribution in [-0.2, 0) is 13.0 Å².